The van der Waals surface area contributed by atoms with Gasteiger partial charge in [-0.15, -0.1) is 11.3 Å². The lowest BCUT2D eigenvalue weighted by Gasteiger charge is -2.12. The predicted octanol–water partition coefficient (Wildman–Crippen LogP) is 4.11. The van der Waals surface area contributed by atoms with Crippen LogP contribution in [0.1, 0.15) is 44.8 Å². The average molecular weight is 486 g/mol. The van der Waals surface area contributed by atoms with Crippen molar-refractivity contribution in [1.82, 2.24) is 14.9 Å². The molecule has 3 aromatic rings. The maximum Gasteiger partial charge on any atom is 0.367 e. The molecular weight excluding hydrogens is 454 g/mol. The number of nitrogens with zero attached hydrogens (tertiary/aromatic N) is 2. The van der Waals surface area contributed by atoms with Crippen molar-refractivity contribution < 1.29 is 23.8 Å². The highest BCUT2D eigenvalue weighted by molar-refractivity contribution is 7.11. The molecule has 0 saturated carbocycles. The molecular formula is C25H31N3O5S. The first-order chi connectivity index (χ1) is 16.5. The number of carbonyl (C=O) groups excluding carboxylic acids is 2. The van der Waals surface area contributed by atoms with Crippen molar-refractivity contribution in [3.05, 3.63) is 57.5 Å². The SMILES string of the molecule is CCOC(=O)c1nc(-c2cc(C(=O)NCCCOC)c(C)n2CCc2ccc(OC)cc2)cs1. The number of hydrogen-bond acceptors (Lipinski definition) is 7. The second-order valence-corrected chi connectivity index (χ2v) is 8.50. The number of rotatable bonds is 12. The Labute approximate surface area is 203 Å². The van der Waals surface area contributed by atoms with Crippen LogP contribution in [-0.2, 0) is 22.4 Å². The highest BCUT2D eigenvalue weighted by Gasteiger charge is 2.21. The van der Waals surface area contributed by atoms with E-state index in [1.807, 2.05) is 42.6 Å². The van der Waals surface area contributed by atoms with Gasteiger partial charge in [-0.1, -0.05) is 12.1 Å². The van der Waals surface area contributed by atoms with Gasteiger partial charge in [-0.2, -0.15) is 0 Å². The Kier molecular flexibility index (Phi) is 9.24. The molecule has 8 nitrogen and oxygen atoms in total. The van der Waals surface area contributed by atoms with Gasteiger partial charge in [-0.05, 0) is 50.5 Å². The summed E-state index contributed by atoms with van der Waals surface area (Å²) in [5, 5.41) is 5.07. The minimum atomic E-state index is -0.442. The van der Waals surface area contributed by atoms with Gasteiger partial charge >= 0.3 is 5.97 Å². The first-order valence-electron chi connectivity index (χ1n) is 11.2. The van der Waals surface area contributed by atoms with Gasteiger partial charge in [0.25, 0.3) is 5.91 Å². The number of hydrogen-bond donors (Lipinski definition) is 1. The first-order valence-corrected chi connectivity index (χ1v) is 12.1. The van der Waals surface area contributed by atoms with Crippen LogP contribution >= 0.6 is 11.3 Å². The van der Waals surface area contributed by atoms with Crippen LogP contribution in [0, 0.1) is 6.92 Å². The number of benzene rings is 1. The third-order valence-electron chi connectivity index (χ3n) is 5.42. The van der Waals surface area contributed by atoms with Crippen LogP contribution in [-0.4, -0.2) is 55.4 Å². The molecule has 0 radical (unpaired) electrons. The van der Waals surface area contributed by atoms with Crippen LogP contribution < -0.4 is 10.1 Å². The zero-order valence-electron chi connectivity index (χ0n) is 20.1. The monoisotopic (exact) mass is 485 g/mol. The van der Waals surface area contributed by atoms with Gasteiger partial charge in [-0.25, -0.2) is 9.78 Å². The minimum absolute atomic E-state index is 0.140. The summed E-state index contributed by atoms with van der Waals surface area (Å²) in [5.74, 6) is 0.227. The predicted molar refractivity (Wildman–Crippen MR) is 132 cm³/mol. The summed E-state index contributed by atoms with van der Waals surface area (Å²) < 4.78 is 17.5. The lowest BCUT2D eigenvalue weighted by Crippen LogP contribution is -2.25. The summed E-state index contributed by atoms with van der Waals surface area (Å²) in [6.07, 6.45) is 1.50. The number of esters is 1. The Bertz CT molecular complexity index is 1100. The van der Waals surface area contributed by atoms with E-state index in [1.165, 1.54) is 11.3 Å². The van der Waals surface area contributed by atoms with Gasteiger partial charge in [0, 0.05) is 37.9 Å². The van der Waals surface area contributed by atoms with Gasteiger partial charge in [0.05, 0.1) is 30.7 Å². The summed E-state index contributed by atoms with van der Waals surface area (Å²) in [6.45, 7) is 5.75. The zero-order valence-corrected chi connectivity index (χ0v) is 20.9. The number of amides is 1. The van der Waals surface area contributed by atoms with Crippen molar-refractivity contribution in [3.63, 3.8) is 0 Å². The molecule has 0 aliphatic carbocycles. The molecule has 0 bridgehead atoms. The third kappa shape index (κ3) is 6.24. The molecule has 2 heterocycles. The Morgan fingerprint density at radius 2 is 1.94 bits per heavy atom. The molecule has 0 spiro atoms. The van der Waals surface area contributed by atoms with E-state index in [1.54, 1.807) is 21.1 Å². The molecule has 9 heteroatoms. The molecule has 0 aliphatic rings. The van der Waals surface area contributed by atoms with Gasteiger partial charge in [0.15, 0.2) is 0 Å². The van der Waals surface area contributed by atoms with Crippen molar-refractivity contribution in [2.75, 3.05) is 34.0 Å². The average Bonchev–Trinajstić information content (AvgIpc) is 3.46. The van der Waals surface area contributed by atoms with Crippen LogP contribution in [0.3, 0.4) is 0 Å². The lowest BCUT2D eigenvalue weighted by molar-refractivity contribution is 0.0526. The fourth-order valence-corrected chi connectivity index (χ4v) is 4.30. The van der Waals surface area contributed by atoms with Gasteiger partial charge in [0.1, 0.15) is 5.75 Å². The van der Waals surface area contributed by atoms with E-state index in [-0.39, 0.29) is 5.91 Å². The molecule has 0 aliphatic heterocycles. The van der Waals surface area contributed by atoms with Gasteiger partial charge in [0.2, 0.25) is 5.01 Å². The number of thiazole rings is 1. The molecule has 1 aromatic carbocycles. The Morgan fingerprint density at radius 3 is 2.62 bits per heavy atom. The molecule has 3 rings (SSSR count). The number of aryl methyl sites for hydroxylation is 1. The zero-order chi connectivity index (χ0) is 24.5. The maximum atomic E-state index is 12.9. The number of aromatic nitrogens is 2. The summed E-state index contributed by atoms with van der Waals surface area (Å²) in [6, 6.07) is 9.78. The maximum absolute atomic E-state index is 12.9. The number of carbonyl (C=O) groups is 2. The molecule has 182 valence electrons. The van der Waals surface area contributed by atoms with Crippen molar-refractivity contribution in [1.29, 1.82) is 0 Å². The fourth-order valence-electron chi connectivity index (χ4n) is 3.60. The molecule has 1 amide bonds. The van der Waals surface area contributed by atoms with Crippen LogP contribution in [0.15, 0.2) is 35.7 Å². The molecule has 1 N–H and O–H groups in total. The van der Waals surface area contributed by atoms with Gasteiger partial charge in [-0.3, -0.25) is 4.79 Å². The highest BCUT2D eigenvalue weighted by atomic mass is 32.1. The van der Waals surface area contributed by atoms with Gasteiger partial charge < -0.3 is 24.1 Å². The molecule has 0 unspecified atom stereocenters. The summed E-state index contributed by atoms with van der Waals surface area (Å²) in [7, 11) is 3.28. The number of methoxy groups -OCH3 is 2. The normalized spacial score (nSPS) is 10.8. The molecule has 2 aromatic heterocycles. The number of nitrogens with one attached hydrogen (secondary N) is 1. The van der Waals surface area contributed by atoms with Crippen molar-refractivity contribution in [3.8, 4) is 17.1 Å². The lowest BCUT2D eigenvalue weighted by atomic mass is 10.1. The largest absolute Gasteiger partial charge is 0.497 e. The van der Waals surface area contributed by atoms with E-state index in [9.17, 15) is 9.59 Å². The fraction of sp³-hybridized carbons (Fsp3) is 0.400. The highest BCUT2D eigenvalue weighted by Crippen LogP contribution is 2.28. The van der Waals surface area contributed by atoms with E-state index in [4.69, 9.17) is 14.2 Å². The minimum Gasteiger partial charge on any atom is -0.497 e. The van der Waals surface area contributed by atoms with Crippen LogP contribution in [0.2, 0.25) is 0 Å². The van der Waals surface area contributed by atoms with E-state index in [0.717, 1.165) is 35.5 Å². The Morgan fingerprint density at radius 1 is 1.18 bits per heavy atom. The van der Waals surface area contributed by atoms with E-state index in [0.29, 0.717) is 42.6 Å². The van der Waals surface area contributed by atoms with Crippen LogP contribution in [0.4, 0.5) is 0 Å². The van der Waals surface area contributed by atoms with Crippen molar-refractivity contribution >= 4 is 23.2 Å². The molecule has 34 heavy (non-hydrogen) atoms. The van der Waals surface area contributed by atoms with E-state index < -0.39 is 5.97 Å². The summed E-state index contributed by atoms with van der Waals surface area (Å²) in [5.41, 5.74) is 4.02. The second-order valence-electron chi connectivity index (χ2n) is 7.64. The molecule has 0 saturated heterocycles. The smallest absolute Gasteiger partial charge is 0.367 e. The molecule has 0 fully saturated rings. The topological polar surface area (TPSA) is 91.7 Å². The standard InChI is InChI=1S/C25H31N3O5S/c1-5-33-25(30)24-27-21(16-34-24)22-15-20(23(29)26-12-6-14-31-3)17(2)28(22)13-11-18-7-9-19(32-4)10-8-18/h7-10,15-16H,5-6,11-14H2,1-4H3,(H,26,29). The first kappa shape index (κ1) is 25.5. The Hall–Kier alpha value is -3.17. The van der Waals surface area contributed by atoms with Crippen LogP contribution in [0.25, 0.3) is 11.4 Å². The summed E-state index contributed by atoms with van der Waals surface area (Å²) >= 11 is 1.24. The summed E-state index contributed by atoms with van der Waals surface area (Å²) in [4.78, 5) is 29.5. The number of ether oxygens (including phenoxy) is 3. The van der Waals surface area contributed by atoms with Crippen LogP contribution in [0.5, 0.6) is 5.75 Å². The third-order valence-corrected chi connectivity index (χ3v) is 6.24. The molecule has 0 atom stereocenters. The van der Waals surface area contributed by atoms with E-state index >= 15 is 0 Å². The second kappa shape index (κ2) is 12.3. The van der Waals surface area contributed by atoms with Crippen molar-refractivity contribution in [2.24, 2.45) is 0 Å². The quantitative estimate of drug-likeness (QED) is 0.307. The Balaban J connectivity index is 1.88. The van der Waals surface area contributed by atoms with Crippen molar-refractivity contribution in [2.45, 2.75) is 33.2 Å². The van der Waals surface area contributed by atoms with E-state index in [2.05, 4.69) is 14.9 Å².